The summed E-state index contributed by atoms with van der Waals surface area (Å²) in [5.74, 6) is -1.06. The maximum atomic E-state index is 12.4. The first-order valence-corrected chi connectivity index (χ1v) is 8.82. The average molecular weight is 418 g/mol. The normalized spacial score (nSPS) is 12.7. The van der Waals surface area contributed by atoms with E-state index in [9.17, 15) is 9.59 Å². The van der Waals surface area contributed by atoms with Crippen molar-refractivity contribution in [3.8, 4) is 0 Å². The zero-order valence-corrected chi connectivity index (χ0v) is 16.2. The van der Waals surface area contributed by atoms with Crippen molar-refractivity contribution < 1.29 is 19.1 Å². The minimum atomic E-state index is -0.656. The third kappa shape index (κ3) is 5.54. The molecule has 0 aliphatic carbocycles. The summed E-state index contributed by atoms with van der Waals surface area (Å²) in [6, 6.07) is 18.3. The van der Waals surface area contributed by atoms with Crippen LogP contribution in [0.15, 0.2) is 70.8 Å². The van der Waals surface area contributed by atoms with Crippen molar-refractivity contribution in [2.45, 2.75) is 19.6 Å². The van der Waals surface area contributed by atoms with Gasteiger partial charge < -0.3 is 14.8 Å². The van der Waals surface area contributed by atoms with E-state index in [1.54, 1.807) is 31.2 Å². The third-order valence-corrected chi connectivity index (χ3v) is 4.64. The van der Waals surface area contributed by atoms with Gasteiger partial charge in [0, 0.05) is 5.56 Å². The molecule has 1 atom stereocenters. The van der Waals surface area contributed by atoms with Gasteiger partial charge in [-0.2, -0.15) is 0 Å². The van der Waals surface area contributed by atoms with Gasteiger partial charge in [0.15, 0.2) is 0 Å². The Kier molecular flexibility index (Phi) is 7.56. The molecule has 0 radical (unpaired) electrons. The number of hydrogen-bond donors (Lipinski definition) is 1. The topological polar surface area (TPSA) is 64.6 Å². The Morgan fingerprint density at radius 2 is 1.62 bits per heavy atom. The number of rotatable bonds is 7. The number of ether oxygens (including phenoxy) is 2. The fraction of sp³-hybridized carbons (Fsp3) is 0.200. The molecule has 26 heavy (non-hydrogen) atoms. The van der Waals surface area contributed by atoms with E-state index in [0.29, 0.717) is 16.7 Å². The van der Waals surface area contributed by atoms with Gasteiger partial charge in [0.25, 0.3) is 5.91 Å². The van der Waals surface area contributed by atoms with Crippen molar-refractivity contribution in [2.24, 2.45) is 0 Å². The van der Waals surface area contributed by atoms with Gasteiger partial charge in [-0.25, -0.2) is 4.79 Å². The third-order valence-electron chi connectivity index (χ3n) is 3.60. The smallest absolute Gasteiger partial charge is 0.355 e. The quantitative estimate of drug-likeness (QED) is 0.549. The molecule has 1 amide bonds. The maximum absolute atomic E-state index is 12.4. The zero-order valence-electron chi connectivity index (χ0n) is 14.6. The molecule has 0 aromatic heterocycles. The lowest BCUT2D eigenvalue weighted by Crippen LogP contribution is -2.30. The fourth-order valence-electron chi connectivity index (χ4n) is 2.16. The summed E-state index contributed by atoms with van der Waals surface area (Å²) in [7, 11) is 1.26. The summed E-state index contributed by atoms with van der Waals surface area (Å²) in [6.07, 6.45) is -0.458. The number of halogens is 1. The van der Waals surface area contributed by atoms with Crippen LogP contribution in [0, 0.1) is 0 Å². The van der Waals surface area contributed by atoms with Crippen molar-refractivity contribution in [3.05, 3.63) is 82.0 Å². The van der Waals surface area contributed by atoms with Crippen LogP contribution in [0.25, 0.3) is 0 Å². The summed E-state index contributed by atoms with van der Waals surface area (Å²) in [6.45, 7) is 2.16. The van der Waals surface area contributed by atoms with Gasteiger partial charge in [0.1, 0.15) is 5.70 Å². The Morgan fingerprint density at radius 1 is 1.04 bits per heavy atom. The number of carbonyl (C=O) groups is 2. The van der Waals surface area contributed by atoms with Crippen LogP contribution in [-0.4, -0.2) is 25.1 Å². The van der Waals surface area contributed by atoms with Crippen molar-refractivity contribution in [1.29, 1.82) is 0 Å². The second-order valence-corrected chi connectivity index (χ2v) is 6.33. The highest BCUT2D eigenvalue weighted by Gasteiger charge is 2.22. The van der Waals surface area contributed by atoms with Crippen LogP contribution in [0.4, 0.5) is 0 Å². The lowest BCUT2D eigenvalue weighted by Gasteiger charge is -2.17. The van der Waals surface area contributed by atoms with Crippen LogP contribution in [0.3, 0.4) is 0 Å². The van der Waals surface area contributed by atoms with Gasteiger partial charge in [-0.05, 0) is 24.6 Å². The molecule has 0 unspecified atom stereocenters. The Hall–Kier alpha value is -2.44. The Morgan fingerprint density at radius 3 is 2.19 bits per heavy atom. The standard InChI is InChI=1S/C20H20BrNO4/c1-14(26-13-15-9-5-3-6-10-15)17(21)18(20(24)25-2)22-19(23)16-11-7-4-8-12-16/h3-12,14H,13H2,1-2H3,(H,22,23)/b18-17-/t14-/m0/s1. The molecule has 2 aromatic rings. The van der Waals surface area contributed by atoms with Crippen molar-refractivity contribution in [2.75, 3.05) is 7.11 Å². The van der Waals surface area contributed by atoms with E-state index in [4.69, 9.17) is 9.47 Å². The first-order valence-electron chi connectivity index (χ1n) is 8.02. The van der Waals surface area contributed by atoms with Crippen LogP contribution in [0.2, 0.25) is 0 Å². The molecule has 1 N–H and O–H groups in total. The number of carbonyl (C=O) groups excluding carboxylic acids is 2. The molecule has 6 heteroatoms. The number of methoxy groups -OCH3 is 1. The summed E-state index contributed by atoms with van der Waals surface area (Å²) in [5.41, 5.74) is 1.46. The Balaban J connectivity index is 2.14. The highest BCUT2D eigenvalue weighted by atomic mass is 79.9. The molecule has 5 nitrogen and oxygen atoms in total. The molecule has 136 valence electrons. The van der Waals surface area contributed by atoms with Crippen molar-refractivity contribution >= 4 is 27.8 Å². The molecule has 0 fully saturated rings. The second-order valence-electron chi connectivity index (χ2n) is 5.47. The molecular formula is C20H20BrNO4. The van der Waals surface area contributed by atoms with Gasteiger partial charge in [0.05, 0.1) is 24.3 Å². The molecule has 0 aliphatic heterocycles. The Labute approximate surface area is 161 Å². The predicted molar refractivity (Wildman–Crippen MR) is 103 cm³/mol. The van der Waals surface area contributed by atoms with Crippen molar-refractivity contribution in [1.82, 2.24) is 5.32 Å². The SMILES string of the molecule is COC(=O)/C(NC(=O)c1ccccc1)=C(/Br)[C@H](C)OCc1ccccc1. The highest BCUT2D eigenvalue weighted by molar-refractivity contribution is 9.11. The van der Waals surface area contributed by atoms with Gasteiger partial charge in [-0.3, -0.25) is 4.79 Å². The maximum Gasteiger partial charge on any atom is 0.355 e. The molecule has 0 bridgehead atoms. The molecule has 0 heterocycles. The van der Waals surface area contributed by atoms with E-state index in [-0.39, 0.29) is 5.70 Å². The van der Waals surface area contributed by atoms with Gasteiger partial charge in [-0.1, -0.05) is 64.5 Å². The lowest BCUT2D eigenvalue weighted by molar-refractivity contribution is -0.136. The predicted octanol–water partition coefficient (Wildman–Crippen LogP) is 3.80. The largest absolute Gasteiger partial charge is 0.464 e. The molecular weight excluding hydrogens is 398 g/mol. The molecule has 2 aromatic carbocycles. The number of benzene rings is 2. The van der Waals surface area contributed by atoms with Crippen LogP contribution in [-0.2, 0) is 20.9 Å². The van der Waals surface area contributed by atoms with E-state index in [1.807, 2.05) is 36.4 Å². The molecule has 0 saturated heterocycles. The fourth-order valence-corrected chi connectivity index (χ4v) is 2.55. The van der Waals surface area contributed by atoms with E-state index >= 15 is 0 Å². The van der Waals surface area contributed by atoms with Gasteiger partial charge in [-0.15, -0.1) is 0 Å². The summed E-state index contributed by atoms with van der Waals surface area (Å²) >= 11 is 3.36. The van der Waals surface area contributed by atoms with E-state index in [0.717, 1.165) is 5.56 Å². The Bertz CT molecular complexity index is 775. The summed E-state index contributed by atoms with van der Waals surface area (Å²) in [5, 5.41) is 2.60. The van der Waals surface area contributed by atoms with Crippen LogP contribution < -0.4 is 5.32 Å². The van der Waals surface area contributed by atoms with E-state index in [2.05, 4.69) is 21.2 Å². The molecule has 0 saturated carbocycles. The first-order chi connectivity index (χ1) is 12.5. The van der Waals surface area contributed by atoms with Gasteiger partial charge >= 0.3 is 5.97 Å². The van der Waals surface area contributed by atoms with Gasteiger partial charge in [0.2, 0.25) is 0 Å². The molecule has 0 aliphatic rings. The van der Waals surface area contributed by atoms with E-state index < -0.39 is 18.0 Å². The number of hydrogen-bond acceptors (Lipinski definition) is 4. The average Bonchev–Trinajstić information content (AvgIpc) is 2.70. The number of esters is 1. The lowest BCUT2D eigenvalue weighted by atomic mass is 10.2. The van der Waals surface area contributed by atoms with E-state index in [1.165, 1.54) is 7.11 Å². The minimum Gasteiger partial charge on any atom is -0.464 e. The van der Waals surface area contributed by atoms with Crippen LogP contribution in [0.1, 0.15) is 22.8 Å². The summed E-state index contributed by atoms with van der Waals surface area (Å²) < 4.78 is 11.0. The molecule has 2 rings (SSSR count). The summed E-state index contributed by atoms with van der Waals surface area (Å²) in [4.78, 5) is 24.5. The number of nitrogens with one attached hydrogen (secondary N) is 1. The monoisotopic (exact) mass is 417 g/mol. The number of amides is 1. The zero-order chi connectivity index (χ0) is 18.9. The van der Waals surface area contributed by atoms with Crippen LogP contribution >= 0.6 is 15.9 Å². The first kappa shape index (κ1) is 19.9. The molecule has 0 spiro atoms. The van der Waals surface area contributed by atoms with Crippen molar-refractivity contribution in [3.63, 3.8) is 0 Å². The minimum absolute atomic E-state index is 0.0157. The highest BCUT2D eigenvalue weighted by Crippen LogP contribution is 2.20. The van der Waals surface area contributed by atoms with Crippen LogP contribution in [0.5, 0.6) is 0 Å². The second kappa shape index (κ2) is 9.89.